The molecule has 0 N–H and O–H groups in total. The van der Waals surface area contributed by atoms with Crippen LogP contribution in [0.3, 0.4) is 0 Å². The minimum Gasteiger partial charge on any atom is -0.297 e. The summed E-state index contributed by atoms with van der Waals surface area (Å²) < 4.78 is 0. The number of likely N-dealkylation sites (tertiary alicyclic amines) is 1. The number of aromatic nitrogens is 1. The van der Waals surface area contributed by atoms with Crippen LogP contribution in [0.25, 0.3) is 11.3 Å². The Morgan fingerprint density at radius 1 is 1.00 bits per heavy atom. The summed E-state index contributed by atoms with van der Waals surface area (Å²) in [6.45, 7) is 11.2. The topological polar surface area (TPSA) is 16.1 Å². The predicted octanol–water partition coefficient (Wildman–Crippen LogP) is 4.83. The molecule has 1 aliphatic heterocycles. The molecule has 22 heavy (non-hydrogen) atoms. The van der Waals surface area contributed by atoms with E-state index in [2.05, 4.69) is 62.9 Å². The molecular weight excluding hydrogens is 268 g/mol. The molecule has 0 radical (unpaired) electrons. The summed E-state index contributed by atoms with van der Waals surface area (Å²) in [6.07, 6.45) is 2.68. The Bertz CT molecular complexity index is 629. The summed E-state index contributed by atoms with van der Waals surface area (Å²) in [5, 5.41) is 0. The first-order chi connectivity index (χ1) is 10.6. The quantitative estimate of drug-likeness (QED) is 0.806. The van der Waals surface area contributed by atoms with Gasteiger partial charge in [0.2, 0.25) is 0 Å². The molecule has 0 aliphatic carbocycles. The molecule has 1 saturated heterocycles. The van der Waals surface area contributed by atoms with Crippen LogP contribution in [0.1, 0.15) is 48.2 Å². The second kappa shape index (κ2) is 6.21. The lowest BCUT2D eigenvalue weighted by Gasteiger charge is -2.24. The van der Waals surface area contributed by atoms with Crippen molar-refractivity contribution >= 4 is 0 Å². The standard InChI is InChI=1S/C20H26N2/c1-14-13-20(21-16(3)15(14)2)19-9-7-18(8-10-19)17(4)22-11-5-6-12-22/h7-10,13,17H,5-6,11-12H2,1-4H3/t17-/m1/s1. The maximum atomic E-state index is 4.75. The van der Waals surface area contributed by atoms with Gasteiger partial charge in [0.15, 0.2) is 0 Å². The normalized spacial score (nSPS) is 16.9. The average molecular weight is 294 g/mol. The summed E-state index contributed by atoms with van der Waals surface area (Å²) in [4.78, 5) is 7.32. The number of pyridine rings is 1. The van der Waals surface area contributed by atoms with Gasteiger partial charge in [-0.3, -0.25) is 9.88 Å². The number of rotatable bonds is 3. The van der Waals surface area contributed by atoms with Gasteiger partial charge in [-0.1, -0.05) is 24.3 Å². The zero-order valence-electron chi connectivity index (χ0n) is 14.2. The molecule has 1 aliphatic rings. The van der Waals surface area contributed by atoms with Gasteiger partial charge in [-0.05, 0) is 76.4 Å². The molecule has 2 aromatic rings. The van der Waals surface area contributed by atoms with Gasteiger partial charge in [0.1, 0.15) is 0 Å². The third-order valence-electron chi connectivity index (χ3n) is 5.15. The highest BCUT2D eigenvalue weighted by atomic mass is 15.2. The summed E-state index contributed by atoms with van der Waals surface area (Å²) in [5.74, 6) is 0. The Balaban J connectivity index is 1.85. The first kappa shape index (κ1) is 15.2. The van der Waals surface area contributed by atoms with Crippen LogP contribution in [0.4, 0.5) is 0 Å². The molecule has 1 fully saturated rings. The fourth-order valence-electron chi connectivity index (χ4n) is 3.32. The van der Waals surface area contributed by atoms with Crippen LogP contribution in [0.15, 0.2) is 30.3 Å². The lowest BCUT2D eigenvalue weighted by atomic mass is 10.0. The van der Waals surface area contributed by atoms with Crippen molar-refractivity contribution in [2.45, 2.75) is 46.6 Å². The lowest BCUT2D eigenvalue weighted by molar-refractivity contribution is 0.263. The smallest absolute Gasteiger partial charge is 0.0708 e. The van der Waals surface area contributed by atoms with E-state index in [1.807, 2.05) is 0 Å². The second-order valence-electron chi connectivity index (χ2n) is 6.58. The van der Waals surface area contributed by atoms with Crippen molar-refractivity contribution in [3.05, 3.63) is 52.7 Å². The molecule has 0 unspecified atom stereocenters. The summed E-state index contributed by atoms with van der Waals surface area (Å²) in [6, 6.07) is 11.7. The van der Waals surface area contributed by atoms with E-state index in [-0.39, 0.29) is 0 Å². The van der Waals surface area contributed by atoms with Crippen molar-refractivity contribution < 1.29 is 0 Å². The monoisotopic (exact) mass is 294 g/mol. The SMILES string of the molecule is Cc1cc(-c2ccc([C@@H](C)N3CCCC3)cc2)nc(C)c1C. The largest absolute Gasteiger partial charge is 0.297 e. The number of nitrogens with zero attached hydrogens (tertiary/aromatic N) is 2. The highest BCUT2D eigenvalue weighted by molar-refractivity contribution is 5.61. The third-order valence-corrected chi connectivity index (χ3v) is 5.15. The minimum atomic E-state index is 0.519. The van der Waals surface area contributed by atoms with Crippen molar-refractivity contribution in [3.63, 3.8) is 0 Å². The molecule has 116 valence electrons. The van der Waals surface area contributed by atoms with E-state index in [1.165, 1.54) is 48.2 Å². The maximum absolute atomic E-state index is 4.75. The molecule has 1 aromatic carbocycles. The summed E-state index contributed by atoms with van der Waals surface area (Å²) in [5.41, 5.74) is 7.44. The molecule has 0 spiro atoms. The molecule has 2 heteroatoms. The van der Waals surface area contributed by atoms with Crippen molar-refractivity contribution in [2.75, 3.05) is 13.1 Å². The Hall–Kier alpha value is -1.67. The lowest BCUT2D eigenvalue weighted by Crippen LogP contribution is -2.23. The van der Waals surface area contributed by atoms with Gasteiger partial charge in [-0.2, -0.15) is 0 Å². The van der Waals surface area contributed by atoms with Crippen LogP contribution in [-0.2, 0) is 0 Å². The Morgan fingerprint density at radius 3 is 2.23 bits per heavy atom. The van der Waals surface area contributed by atoms with E-state index in [1.54, 1.807) is 0 Å². The molecule has 0 bridgehead atoms. The highest BCUT2D eigenvalue weighted by Crippen LogP contribution is 2.27. The van der Waals surface area contributed by atoms with Crippen molar-refractivity contribution in [2.24, 2.45) is 0 Å². The van der Waals surface area contributed by atoms with Crippen LogP contribution in [0.2, 0.25) is 0 Å². The van der Waals surface area contributed by atoms with E-state index >= 15 is 0 Å². The fraction of sp³-hybridized carbons (Fsp3) is 0.450. The summed E-state index contributed by atoms with van der Waals surface area (Å²) in [7, 11) is 0. The van der Waals surface area contributed by atoms with Gasteiger partial charge in [0.25, 0.3) is 0 Å². The molecule has 0 amide bonds. The van der Waals surface area contributed by atoms with Crippen molar-refractivity contribution in [3.8, 4) is 11.3 Å². The molecule has 1 atom stereocenters. The Labute approximate surface area is 134 Å². The molecule has 1 aromatic heterocycles. The van der Waals surface area contributed by atoms with Gasteiger partial charge in [-0.15, -0.1) is 0 Å². The van der Waals surface area contributed by atoms with Crippen LogP contribution in [0, 0.1) is 20.8 Å². The zero-order valence-corrected chi connectivity index (χ0v) is 14.2. The number of hydrogen-bond donors (Lipinski definition) is 0. The van der Waals surface area contributed by atoms with Gasteiger partial charge >= 0.3 is 0 Å². The van der Waals surface area contributed by atoms with Gasteiger partial charge < -0.3 is 0 Å². The second-order valence-corrected chi connectivity index (χ2v) is 6.58. The molecule has 3 rings (SSSR count). The molecular formula is C20H26N2. The zero-order chi connectivity index (χ0) is 15.7. The summed E-state index contributed by atoms with van der Waals surface area (Å²) >= 11 is 0. The average Bonchev–Trinajstić information content (AvgIpc) is 3.06. The van der Waals surface area contributed by atoms with E-state index in [0.717, 1.165) is 11.4 Å². The molecule has 2 heterocycles. The van der Waals surface area contributed by atoms with Crippen LogP contribution in [0.5, 0.6) is 0 Å². The molecule has 0 saturated carbocycles. The van der Waals surface area contributed by atoms with Crippen LogP contribution in [-0.4, -0.2) is 23.0 Å². The molecule has 2 nitrogen and oxygen atoms in total. The van der Waals surface area contributed by atoms with Gasteiger partial charge in [0.05, 0.1) is 5.69 Å². The van der Waals surface area contributed by atoms with E-state index in [4.69, 9.17) is 4.98 Å². The van der Waals surface area contributed by atoms with E-state index in [9.17, 15) is 0 Å². The Morgan fingerprint density at radius 2 is 1.64 bits per heavy atom. The first-order valence-electron chi connectivity index (χ1n) is 8.35. The van der Waals surface area contributed by atoms with E-state index in [0.29, 0.717) is 6.04 Å². The highest BCUT2D eigenvalue weighted by Gasteiger charge is 2.19. The predicted molar refractivity (Wildman–Crippen MR) is 93.1 cm³/mol. The Kier molecular flexibility index (Phi) is 4.30. The van der Waals surface area contributed by atoms with Crippen molar-refractivity contribution in [1.29, 1.82) is 0 Å². The van der Waals surface area contributed by atoms with Crippen molar-refractivity contribution in [1.82, 2.24) is 9.88 Å². The minimum absolute atomic E-state index is 0.519. The van der Waals surface area contributed by atoms with Crippen LogP contribution >= 0.6 is 0 Å². The number of benzene rings is 1. The maximum Gasteiger partial charge on any atom is 0.0708 e. The number of aryl methyl sites for hydroxylation is 2. The third kappa shape index (κ3) is 2.93. The van der Waals surface area contributed by atoms with Crippen LogP contribution < -0.4 is 0 Å². The fourth-order valence-corrected chi connectivity index (χ4v) is 3.32. The number of hydrogen-bond acceptors (Lipinski definition) is 2. The van der Waals surface area contributed by atoms with E-state index < -0.39 is 0 Å². The van der Waals surface area contributed by atoms with Gasteiger partial charge in [0, 0.05) is 17.3 Å². The van der Waals surface area contributed by atoms with Gasteiger partial charge in [-0.25, -0.2) is 0 Å². The first-order valence-corrected chi connectivity index (χ1v) is 8.35.